The quantitative estimate of drug-likeness (QED) is 0.565. The summed E-state index contributed by atoms with van der Waals surface area (Å²) in [5.74, 6) is 6.66. The lowest BCUT2D eigenvalue weighted by atomic mass is 10.5. The van der Waals surface area contributed by atoms with Crippen LogP contribution in [0, 0.1) is 0 Å². The highest BCUT2D eigenvalue weighted by atomic mass is 32.2. The lowest BCUT2D eigenvalue weighted by Crippen LogP contribution is -2.09. The van der Waals surface area contributed by atoms with Crippen molar-refractivity contribution in [3.63, 3.8) is 0 Å². The van der Waals surface area contributed by atoms with Crippen LogP contribution in [-0.2, 0) is 5.75 Å². The first kappa shape index (κ1) is 10.3. The van der Waals surface area contributed by atoms with Crippen molar-refractivity contribution in [2.45, 2.75) is 24.9 Å². The van der Waals surface area contributed by atoms with Gasteiger partial charge in [-0.1, -0.05) is 13.8 Å². The van der Waals surface area contributed by atoms with Crippen molar-refractivity contribution in [2.24, 2.45) is 5.84 Å². The number of rotatable bonds is 4. The molecule has 0 aliphatic rings. The van der Waals surface area contributed by atoms with Gasteiger partial charge in [-0.15, -0.1) is 0 Å². The summed E-state index contributed by atoms with van der Waals surface area (Å²) in [6.07, 6.45) is 3.38. The second-order valence-electron chi connectivity index (χ2n) is 2.90. The lowest BCUT2D eigenvalue weighted by Gasteiger charge is -2.04. The number of thioether (sulfide) groups is 1. The van der Waals surface area contributed by atoms with E-state index in [4.69, 9.17) is 5.84 Å². The molecule has 13 heavy (non-hydrogen) atoms. The van der Waals surface area contributed by atoms with E-state index >= 15 is 0 Å². The number of hydrazine groups is 1. The Morgan fingerprint density at radius 2 is 2.23 bits per heavy atom. The number of nitrogens with one attached hydrogen (secondary N) is 1. The molecule has 0 aliphatic heterocycles. The molecule has 0 aliphatic carbocycles. The van der Waals surface area contributed by atoms with Crippen LogP contribution in [0.2, 0.25) is 0 Å². The van der Waals surface area contributed by atoms with E-state index in [2.05, 4.69) is 29.2 Å². The molecule has 0 saturated heterocycles. The highest BCUT2D eigenvalue weighted by Crippen LogP contribution is 2.15. The standard InChI is InChI=1S/C8H14N4S/c1-6(2)13-5-7-3-11-8(12-9)4-10-7/h3-4,6H,5,9H2,1-2H3,(H,11,12). The van der Waals surface area contributed by atoms with E-state index in [0.717, 1.165) is 11.4 Å². The largest absolute Gasteiger partial charge is 0.307 e. The average molecular weight is 198 g/mol. The zero-order valence-electron chi connectivity index (χ0n) is 7.82. The predicted molar refractivity (Wildman–Crippen MR) is 56.3 cm³/mol. The van der Waals surface area contributed by atoms with Crippen molar-refractivity contribution in [3.05, 3.63) is 18.1 Å². The van der Waals surface area contributed by atoms with Gasteiger partial charge in [-0.05, 0) is 5.25 Å². The van der Waals surface area contributed by atoms with Crippen LogP contribution in [0.5, 0.6) is 0 Å². The number of hydrogen-bond acceptors (Lipinski definition) is 5. The van der Waals surface area contributed by atoms with Crippen LogP contribution in [0.25, 0.3) is 0 Å². The SMILES string of the molecule is CC(C)SCc1cnc(NN)cn1. The van der Waals surface area contributed by atoms with Crippen molar-refractivity contribution in [2.75, 3.05) is 5.43 Å². The van der Waals surface area contributed by atoms with Crippen molar-refractivity contribution in [1.29, 1.82) is 0 Å². The molecule has 0 saturated carbocycles. The summed E-state index contributed by atoms with van der Waals surface area (Å²) >= 11 is 1.84. The Labute approximate surface area is 82.3 Å². The molecule has 5 heteroatoms. The fourth-order valence-corrected chi connectivity index (χ4v) is 1.41. The Hall–Kier alpha value is -0.810. The van der Waals surface area contributed by atoms with Crippen LogP contribution in [0.1, 0.15) is 19.5 Å². The van der Waals surface area contributed by atoms with Crippen molar-refractivity contribution < 1.29 is 0 Å². The summed E-state index contributed by atoms with van der Waals surface area (Å²) in [4.78, 5) is 8.26. The van der Waals surface area contributed by atoms with Crippen LogP contribution in [0.3, 0.4) is 0 Å². The summed E-state index contributed by atoms with van der Waals surface area (Å²) in [6.45, 7) is 4.32. The van der Waals surface area contributed by atoms with Gasteiger partial charge in [0.05, 0.1) is 18.1 Å². The summed E-state index contributed by atoms with van der Waals surface area (Å²) in [5.41, 5.74) is 3.42. The van der Waals surface area contributed by atoms with Gasteiger partial charge in [0.25, 0.3) is 0 Å². The number of nitrogens with zero attached hydrogens (tertiary/aromatic N) is 2. The van der Waals surface area contributed by atoms with Gasteiger partial charge in [0.15, 0.2) is 5.82 Å². The van der Waals surface area contributed by atoms with Crippen molar-refractivity contribution >= 4 is 17.6 Å². The van der Waals surface area contributed by atoms with E-state index in [1.165, 1.54) is 0 Å². The number of nitrogens with two attached hydrogens (primary N) is 1. The van der Waals surface area contributed by atoms with Crippen molar-refractivity contribution in [3.8, 4) is 0 Å². The Morgan fingerprint density at radius 3 is 2.69 bits per heavy atom. The Bertz CT molecular complexity index is 247. The molecule has 0 fully saturated rings. The monoisotopic (exact) mass is 198 g/mol. The molecule has 0 spiro atoms. The molecule has 3 N–H and O–H groups in total. The fraction of sp³-hybridized carbons (Fsp3) is 0.500. The zero-order valence-corrected chi connectivity index (χ0v) is 8.64. The van der Waals surface area contributed by atoms with Gasteiger partial charge in [0, 0.05) is 5.75 Å². The van der Waals surface area contributed by atoms with E-state index in [0.29, 0.717) is 11.1 Å². The van der Waals surface area contributed by atoms with Crippen LogP contribution in [0.4, 0.5) is 5.82 Å². The molecule has 72 valence electrons. The minimum atomic E-state index is 0.596. The normalized spacial score (nSPS) is 10.5. The summed E-state index contributed by atoms with van der Waals surface area (Å²) < 4.78 is 0. The van der Waals surface area contributed by atoms with Gasteiger partial charge in [-0.25, -0.2) is 10.8 Å². The summed E-state index contributed by atoms with van der Waals surface area (Å²) in [6, 6.07) is 0. The highest BCUT2D eigenvalue weighted by Gasteiger charge is 1.98. The first-order valence-corrected chi connectivity index (χ1v) is 5.16. The Morgan fingerprint density at radius 1 is 1.46 bits per heavy atom. The molecular weight excluding hydrogens is 184 g/mol. The number of aromatic nitrogens is 2. The van der Waals surface area contributed by atoms with Gasteiger partial charge < -0.3 is 5.43 Å². The first-order valence-electron chi connectivity index (χ1n) is 4.11. The molecule has 4 nitrogen and oxygen atoms in total. The number of hydrogen-bond donors (Lipinski definition) is 2. The molecule has 1 aromatic heterocycles. The number of anilines is 1. The highest BCUT2D eigenvalue weighted by molar-refractivity contribution is 7.99. The summed E-state index contributed by atoms with van der Waals surface area (Å²) in [7, 11) is 0. The fourth-order valence-electron chi connectivity index (χ4n) is 0.756. The topological polar surface area (TPSA) is 63.8 Å². The van der Waals surface area contributed by atoms with E-state index in [1.807, 2.05) is 11.8 Å². The maximum absolute atomic E-state index is 5.16. The molecule has 1 heterocycles. The molecule has 0 atom stereocenters. The predicted octanol–water partition coefficient (Wildman–Crippen LogP) is 1.40. The van der Waals surface area contributed by atoms with Gasteiger partial charge in [-0.2, -0.15) is 11.8 Å². The van der Waals surface area contributed by atoms with Gasteiger partial charge in [0.2, 0.25) is 0 Å². The average Bonchev–Trinajstić information content (AvgIpc) is 2.15. The Balaban J connectivity index is 2.49. The van der Waals surface area contributed by atoms with Crippen molar-refractivity contribution in [1.82, 2.24) is 9.97 Å². The minimum Gasteiger partial charge on any atom is -0.307 e. The van der Waals surface area contributed by atoms with E-state index < -0.39 is 0 Å². The molecule has 0 amide bonds. The maximum atomic E-state index is 5.16. The van der Waals surface area contributed by atoms with Crippen LogP contribution in [0.15, 0.2) is 12.4 Å². The van der Waals surface area contributed by atoms with E-state index in [1.54, 1.807) is 12.4 Å². The van der Waals surface area contributed by atoms with E-state index in [9.17, 15) is 0 Å². The van der Waals surface area contributed by atoms with Crippen LogP contribution >= 0.6 is 11.8 Å². The number of nitrogen functional groups attached to an aromatic ring is 1. The zero-order chi connectivity index (χ0) is 9.68. The maximum Gasteiger partial charge on any atom is 0.158 e. The second kappa shape index (κ2) is 5.04. The van der Waals surface area contributed by atoms with Gasteiger partial charge in [-0.3, -0.25) is 4.98 Å². The second-order valence-corrected chi connectivity index (χ2v) is 4.46. The molecule has 0 radical (unpaired) electrons. The lowest BCUT2D eigenvalue weighted by molar-refractivity contribution is 1.06. The molecule has 0 bridgehead atoms. The van der Waals surface area contributed by atoms with Gasteiger partial charge >= 0.3 is 0 Å². The third-order valence-electron chi connectivity index (χ3n) is 1.42. The minimum absolute atomic E-state index is 0.596. The third kappa shape index (κ3) is 3.61. The molecule has 1 aromatic rings. The molecule has 0 unspecified atom stereocenters. The van der Waals surface area contributed by atoms with Gasteiger partial charge in [0.1, 0.15) is 0 Å². The Kier molecular flexibility index (Phi) is 3.98. The van der Waals surface area contributed by atoms with Crippen LogP contribution < -0.4 is 11.3 Å². The van der Waals surface area contributed by atoms with E-state index in [-0.39, 0.29) is 0 Å². The van der Waals surface area contributed by atoms with Crippen LogP contribution in [-0.4, -0.2) is 15.2 Å². The smallest absolute Gasteiger partial charge is 0.158 e. The third-order valence-corrected chi connectivity index (χ3v) is 2.55. The summed E-state index contributed by atoms with van der Waals surface area (Å²) in [5, 5.41) is 0.620. The molecule has 1 rings (SSSR count). The first-order chi connectivity index (χ1) is 6.22. The molecule has 0 aromatic carbocycles. The molecular formula is C8H14N4S.